The molecule has 28 heavy (non-hydrogen) atoms. The molecule has 0 aliphatic carbocycles. The van der Waals surface area contributed by atoms with Crippen molar-refractivity contribution in [1.82, 2.24) is 15.1 Å². The van der Waals surface area contributed by atoms with Crippen molar-refractivity contribution in [1.29, 1.82) is 0 Å². The van der Waals surface area contributed by atoms with Crippen LogP contribution in [-0.2, 0) is 19.1 Å². The fourth-order valence-electron chi connectivity index (χ4n) is 3.74. The van der Waals surface area contributed by atoms with E-state index in [4.69, 9.17) is 4.74 Å². The van der Waals surface area contributed by atoms with E-state index in [2.05, 4.69) is 5.32 Å². The van der Waals surface area contributed by atoms with E-state index in [-0.39, 0.29) is 18.4 Å². The zero-order valence-corrected chi connectivity index (χ0v) is 16.2. The number of hydrogen-bond donors (Lipinski definition) is 1. The third-order valence-electron chi connectivity index (χ3n) is 5.35. The molecule has 1 aromatic rings. The highest BCUT2D eigenvalue weighted by atomic mass is 19.1. The number of piperidine rings is 1. The summed E-state index contributed by atoms with van der Waals surface area (Å²) in [4.78, 5) is 40.7. The molecule has 2 aliphatic rings. The Bertz CT molecular complexity index is 733. The Morgan fingerprint density at radius 2 is 1.82 bits per heavy atom. The van der Waals surface area contributed by atoms with E-state index < -0.39 is 29.9 Å². The maximum atomic E-state index is 13.3. The smallest absolute Gasteiger partial charge is 0.252 e. The molecule has 2 aliphatic heterocycles. The van der Waals surface area contributed by atoms with E-state index in [0.717, 1.165) is 19.3 Å². The van der Waals surface area contributed by atoms with Gasteiger partial charge in [0, 0.05) is 20.1 Å². The fourth-order valence-corrected chi connectivity index (χ4v) is 3.74. The highest BCUT2D eigenvalue weighted by molar-refractivity contribution is 5.91. The Balaban J connectivity index is 1.73. The van der Waals surface area contributed by atoms with Gasteiger partial charge in [-0.25, -0.2) is 4.39 Å². The van der Waals surface area contributed by atoms with Crippen LogP contribution in [0, 0.1) is 5.82 Å². The van der Waals surface area contributed by atoms with Crippen molar-refractivity contribution in [3.05, 3.63) is 35.6 Å². The fraction of sp³-hybridized carbons (Fsp3) is 0.550. The lowest BCUT2D eigenvalue weighted by Crippen LogP contribution is -2.56. The zero-order valence-electron chi connectivity index (χ0n) is 16.2. The van der Waals surface area contributed by atoms with Crippen LogP contribution in [-0.4, -0.2) is 66.4 Å². The summed E-state index contributed by atoms with van der Waals surface area (Å²) in [5, 5.41) is 2.73. The topological polar surface area (TPSA) is 79.0 Å². The van der Waals surface area contributed by atoms with Crippen molar-refractivity contribution in [3.8, 4) is 0 Å². The number of morpholine rings is 1. The molecule has 2 heterocycles. The van der Waals surface area contributed by atoms with Crippen molar-refractivity contribution in [2.24, 2.45) is 0 Å². The van der Waals surface area contributed by atoms with Crippen molar-refractivity contribution < 1.29 is 23.5 Å². The second kappa shape index (κ2) is 8.68. The number of carbonyl (C=O) groups excluding carboxylic acids is 3. The van der Waals surface area contributed by atoms with Gasteiger partial charge in [-0.3, -0.25) is 14.4 Å². The molecule has 1 aromatic carbocycles. The molecule has 0 bridgehead atoms. The largest absolute Gasteiger partial charge is 0.356 e. The highest BCUT2D eigenvalue weighted by Gasteiger charge is 2.41. The molecular formula is C20H26FN3O4. The summed E-state index contributed by atoms with van der Waals surface area (Å²) in [5.41, 5.74) is 0.590. The number of amides is 3. The lowest BCUT2D eigenvalue weighted by Gasteiger charge is -2.38. The van der Waals surface area contributed by atoms with Crippen LogP contribution in [0.25, 0.3) is 0 Å². The van der Waals surface area contributed by atoms with Gasteiger partial charge in [0.1, 0.15) is 18.5 Å². The second-order valence-electron chi connectivity index (χ2n) is 7.35. The predicted octanol–water partition coefficient (Wildman–Crippen LogP) is 1.24. The Labute approximate surface area is 163 Å². The maximum absolute atomic E-state index is 13.3. The first-order valence-corrected chi connectivity index (χ1v) is 9.60. The normalized spacial score (nSPS) is 24.0. The molecule has 0 saturated carbocycles. The Morgan fingerprint density at radius 3 is 2.46 bits per heavy atom. The summed E-state index contributed by atoms with van der Waals surface area (Å²) in [7, 11) is 1.58. The van der Waals surface area contributed by atoms with Gasteiger partial charge in [0.05, 0.1) is 6.04 Å². The molecule has 7 nitrogen and oxygen atoms in total. The second-order valence-corrected chi connectivity index (χ2v) is 7.35. The lowest BCUT2D eigenvalue weighted by atomic mass is 9.97. The van der Waals surface area contributed by atoms with Crippen molar-refractivity contribution in [2.45, 2.75) is 44.4 Å². The van der Waals surface area contributed by atoms with Crippen LogP contribution in [0.4, 0.5) is 4.39 Å². The minimum absolute atomic E-state index is 0.119. The number of nitrogens with one attached hydrogen (secondary N) is 1. The molecule has 2 fully saturated rings. The van der Waals surface area contributed by atoms with Crippen LogP contribution >= 0.6 is 0 Å². The molecule has 3 rings (SSSR count). The Hall–Kier alpha value is -2.48. The Kier molecular flexibility index (Phi) is 6.28. The van der Waals surface area contributed by atoms with Crippen molar-refractivity contribution in [2.75, 3.05) is 26.7 Å². The van der Waals surface area contributed by atoms with E-state index in [1.165, 1.54) is 29.2 Å². The van der Waals surface area contributed by atoms with Gasteiger partial charge in [-0.15, -0.1) is 0 Å². The first-order chi connectivity index (χ1) is 13.4. The van der Waals surface area contributed by atoms with Gasteiger partial charge in [0.15, 0.2) is 6.10 Å². The number of rotatable bonds is 4. The molecule has 3 unspecified atom stereocenters. The number of carbonyl (C=O) groups is 3. The third kappa shape index (κ3) is 4.32. The Morgan fingerprint density at radius 1 is 1.18 bits per heavy atom. The average Bonchev–Trinajstić information content (AvgIpc) is 2.70. The molecular weight excluding hydrogens is 365 g/mol. The standard InChI is InChI=1S/C20H26FN3O4/c1-13(20(27)24-10-4-3-5-11-24)22-19(26)18-17(23(2)16(25)12-28-18)14-6-8-15(21)9-7-14/h6-9,13,17-18H,3-5,10-12H2,1-2H3,(H,22,26). The number of ether oxygens (including phenoxy) is 1. The molecule has 1 N–H and O–H groups in total. The quantitative estimate of drug-likeness (QED) is 0.838. The van der Waals surface area contributed by atoms with Crippen molar-refractivity contribution >= 4 is 17.7 Å². The van der Waals surface area contributed by atoms with Gasteiger partial charge in [-0.05, 0) is 43.9 Å². The summed E-state index contributed by atoms with van der Waals surface area (Å²) >= 11 is 0. The molecule has 0 aromatic heterocycles. The number of hydrogen-bond acceptors (Lipinski definition) is 4. The first-order valence-electron chi connectivity index (χ1n) is 9.60. The molecule has 2 saturated heterocycles. The summed E-state index contributed by atoms with van der Waals surface area (Å²) in [6, 6.07) is 4.23. The minimum Gasteiger partial charge on any atom is -0.356 e. The van der Waals surface area contributed by atoms with Gasteiger partial charge in [0.2, 0.25) is 11.8 Å². The zero-order chi connectivity index (χ0) is 20.3. The van der Waals surface area contributed by atoms with E-state index in [9.17, 15) is 18.8 Å². The van der Waals surface area contributed by atoms with E-state index in [0.29, 0.717) is 18.7 Å². The van der Waals surface area contributed by atoms with Gasteiger partial charge >= 0.3 is 0 Å². The number of likely N-dealkylation sites (tertiary alicyclic amines) is 1. The van der Waals surface area contributed by atoms with Gasteiger partial charge in [-0.1, -0.05) is 12.1 Å². The predicted molar refractivity (Wildman–Crippen MR) is 99.7 cm³/mol. The van der Waals surface area contributed by atoms with E-state index >= 15 is 0 Å². The van der Waals surface area contributed by atoms with E-state index in [1.54, 1.807) is 18.9 Å². The van der Waals surface area contributed by atoms with Crippen LogP contribution in [0.15, 0.2) is 24.3 Å². The highest BCUT2D eigenvalue weighted by Crippen LogP contribution is 2.29. The van der Waals surface area contributed by atoms with E-state index in [1.807, 2.05) is 0 Å². The van der Waals surface area contributed by atoms with Crippen LogP contribution in [0.5, 0.6) is 0 Å². The first kappa shape index (κ1) is 20.3. The summed E-state index contributed by atoms with van der Waals surface area (Å²) in [6.07, 6.45) is 2.07. The summed E-state index contributed by atoms with van der Waals surface area (Å²) < 4.78 is 18.8. The molecule has 0 radical (unpaired) electrons. The number of halogens is 1. The van der Waals surface area contributed by atoms with Gasteiger partial charge in [-0.2, -0.15) is 0 Å². The van der Waals surface area contributed by atoms with Crippen molar-refractivity contribution in [3.63, 3.8) is 0 Å². The minimum atomic E-state index is -0.982. The van der Waals surface area contributed by atoms with Crippen LogP contribution in [0.3, 0.4) is 0 Å². The average molecular weight is 391 g/mol. The number of benzene rings is 1. The summed E-state index contributed by atoms with van der Waals surface area (Å²) in [5.74, 6) is -1.26. The molecule has 3 amide bonds. The third-order valence-corrected chi connectivity index (χ3v) is 5.35. The summed E-state index contributed by atoms with van der Waals surface area (Å²) in [6.45, 7) is 2.84. The van der Waals surface area contributed by atoms with Gasteiger partial charge in [0.25, 0.3) is 5.91 Å². The molecule has 152 valence electrons. The lowest BCUT2D eigenvalue weighted by molar-refractivity contribution is -0.163. The molecule has 8 heteroatoms. The van der Waals surface area contributed by atoms with Crippen LogP contribution < -0.4 is 5.32 Å². The van der Waals surface area contributed by atoms with Crippen LogP contribution in [0.2, 0.25) is 0 Å². The molecule has 3 atom stereocenters. The SMILES string of the molecule is CC(NC(=O)C1OCC(=O)N(C)C1c1ccc(F)cc1)C(=O)N1CCCCC1. The maximum Gasteiger partial charge on any atom is 0.252 e. The monoisotopic (exact) mass is 391 g/mol. The number of likely N-dealkylation sites (N-methyl/N-ethyl adjacent to an activating group) is 1. The molecule has 0 spiro atoms. The van der Waals surface area contributed by atoms with Crippen LogP contribution in [0.1, 0.15) is 37.8 Å². The number of nitrogens with zero attached hydrogens (tertiary/aromatic N) is 2. The van der Waals surface area contributed by atoms with Gasteiger partial charge < -0.3 is 19.9 Å².